The van der Waals surface area contributed by atoms with Crippen molar-refractivity contribution in [3.8, 4) is 0 Å². The van der Waals surface area contributed by atoms with E-state index in [-0.39, 0.29) is 0 Å². The number of hydrogen-bond donors (Lipinski definition) is 0. The molecule has 0 aliphatic carbocycles. The van der Waals surface area contributed by atoms with Crippen molar-refractivity contribution in [2.45, 2.75) is 6.92 Å². The third-order valence-electron chi connectivity index (χ3n) is 3.55. The predicted octanol–water partition coefficient (Wildman–Crippen LogP) is 1.69. The minimum Gasteiger partial charge on any atom is -0.369 e. The van der Waals surface area contributed by atoms with Crippen LogP contribution in [-0.2, 0) is 10.2 Å². The molecule has 0 bridgehead atoms. The van der Waals surface area contributed by atoms with Crippen molar-refractivity contribution in [3.05, 3.63) is 28.2 Å². The minimum atomic E-state index is -3.29. The van der Waals surface area contributed by atoms with Gasteiger partial charge in [-0.25, -0.2) is 0 Å². The first-order chi connectivity index (χ1) is 9.32. The summed E-state index contributed by atoms with van der Waals surface area (Å²) in [6.45, 7) is 4.51. The Bertz CT molecular complexity index is 581. The Morgan fingerprint density at radius 2 is 1.75 bits per heavy atom. The molecule has 0 amide bonds. The fourth-order valence-corrected chi connectivity index (χ4v) is 3.64. The molecule has 5 nitrogen and oxygen atoms in total. The highest BCUT2D eigenvalue weighted by molar-refractivity contribution is 9.10. The lowest BCUT2D eigenvalue weighted by Gasteiger charge is -2.36. The van der Waals surface area contributed by atoms with Gasteiger partial charge in [0.15, 0.2) is 0 Å². The predicted molar refractivity (Wildman–Crippen MR) is 85.3 cm³/mol. The first kappa shape index (κ1) is 15.8. The van der Waals surface area contributed by atoms with Crippen molar-refractivity contribution in [2.24, 2.45) is 0 Å². The fraction of sp³-hybridized carbons (Fsp3) is 0.538. The van der Waals surface area contributed by atoms with Crippen LogP contribution in [0, 0.1) is 6.92 Å². The van der Waals surface area contributed by atoms with Gasteiger partial charge in [-0.1, -0.05) is 22.0 Å². The SMILES string of the molecule is Cc1ccc(N2CCN(S(=O)(=O)N(C)C)CC2)cc1Br. The molecule has 20 heavy (non-hydrogen) atoms. The maximum atomic E-state index is 12.1. The van der Waals surface area contributed by atoms with Crippen LogP contribution in [0.25, 0.3) is 0 Å². The number of rotatable bonds is 3. The molecule has 1 aliphatic heterocycles. The zero-order valence-electron chi connectivity index (χ0n) is 12.0. The maximum Gasteiger partial charge on any atom is 0.281 e. The molecule has 0 saturated carbocycles. The van der Waals surface area contributed by atoms with Crippen molar-refractivity contribution in [1.29, 1.82) is 0 Å². The Labute approximate surface area is 129 Å². The largest absolute Gasteiger partial charge is 0.369 e. The molecule has 0 atom stereocenters. The van der Waals surface area contributed by atoms with Crippen molar-refractivity contribution in [2.75, 3.05) is 45.2 Å². The van der Waals surface area contributed by atoms with Gasteiger partial charge in [-0.05, 0) is 24.6 Å². The van der Waals surface area contributed by atoms with Crippen LogP contribution in [0.4, 0.5) is 5.69 Å². The number of hydrogen-bond acceptors (Lipinski definition) is 3. The number of nitrogens with zero attached hydrogens (tertiary/aromatic N) is 3. The molecular weight excluding hydrogens is 342 g/mol. The van der Waals surface area contributed by atoms with Crippen molar-refractivity contribution in [3.63, 3.8) is 0 Å². The van der Waals surface area contributed by atoms with Gasteiger partial charge < -0.3 is 4.90 Å². The van der Waals surface area contributed by atoms with Gasteiger partial charge in [0.2, 0.25) is 0 Å². The normalized spacial score (nSPS) is 17.8. The average Bonchev–Trinajstić information content (AvgIpc) is 2.42. The Hall–Kier alpha value is -0.630. The molecule has 7 heteroatoms. The van der Waals surface area contributed by atoms with Gasteiger partial charge in [0, 0.05) is 50.4 Å². The summed E-state index contributed by atoms with van der Waals surface area (Å²) >= 11 is 3.54. The molecule has 1 heterocycles. The van der Waals surface area contributed by atoms with E-state index in [1.54, 1.807) is 14.1 Å². The van der Waals surface area contributed by atoms with Gasteiger partial charge in [0.05, 0.1) is 0 Å². The number of benzene rings is 1. The summed E-state index contributed by atoms with van der Waals surface area (Å²) in [6, 6.07) is 6.24. The van der Waals surface area contributed by atoms with Crippen LogP contribution in [0.1, 0.15) is 5.56 Å². The van der Waals surface area contributed by atoms with Crippen LogP contribution in [0.2, 0.25) is 0 Å². The number of piperazine rings is 1. The van der Waals surface area contributed by atoms with E-state index in [4.69, 9.17) is 0 Å². The second-order valence-electron chi connectivity index (χ2n) is 5.11. The highest BCUT2D eigenvalue weighted by Gasteiger charge is 2.28. The second kappa shape index (κ2) is 6.01. The van der Waals surface area contributed by atoms with Crippen LogP contribution >= 0.6 is 15.9 Å². The van der Waals surface area contributed by atoms with Gasteiger partial charge in [-0.2, -0.15) is 17.0 Å². The Kier molecular flexibility index (Phi) is 4.73. The van der Waals surface area contributed by atoms with Gasteiger partial charge in [-0.15, -0.1) is 0 Å². The molecule has 0 unspecified atom stereocenters. The lowest BCUT2D eigenvalue weighted by atomic mass is 10.2. The Balaban J connectivity index is 2.06. The van der Waals surface area contributed by atoms with E-state index in [9.17, 15) is 8.42 Å². The molecule has 0 N–H and O–H groups in total. The molecule has 1 aliphatic rings. The van der Waals surface area contributed by atoms with E-state index in [0.29, 0.717) is 26.2 Å². The van der Waals surface area contributed by atoms with E-state index in [1.165, 1.54) is 14.2 Å². The summed E-state index contributed by atoms with van der Waals surface area (Å²) in [4.78, 5) is 2.21. The fourth-order valence-electron chi connectivity index (χ4n) is 2.19. The zero-order valence-corrected chi connectivity index (χ0v) is 14.4. The number of aryl methyl sites for hydroxylation is 1. The molecular formula is C13H20BrN3O2S. The minimum absolute atomic E-state index is 0.520. The third-order valence-corrected chi connectivity index (χ3v) is 6.34. The monoisotopic (exact) mass is 361 g/mol. The third kappa shape index (κ3) is 3.16. The van der Waals surface area contributed by atoms with Gasteiger partial charge >= 0.3 is 0 Å². The van der Waals surface area contributed by atoms with Gasteiger partial charge in [-0.3, -0.25) is 0 Å². The quantitative estimate of drug-likeness (QED) is 0.822. The molecule has 0 radical (unpaired) electrons. The van der Waals surface area contributed by atoms with Crippen LogP contribution in [0.15, 0.2) is 22.7 Å². The van der Waals surface area contributed by atoms with Gasteiger partial charge in [0.25, 0.3) is 10.2 Å². The smallest absolute Gasteiger partial charge is 0.281 e. The van der Waals surface area contributed by atoms with Crippen LogP contribution < -0.4 is 4.90 Å². The summed E-state index contributed by atoms with van der Waals surface area (Å²) in [7, 11) is -0.153. The van der Waals surface area contributed by atoms with E-state index < -0.39 is 10.2 Å². The van der Waals surface area contributed by atoms with Crippen LogP contribution in [0.5, 0.6) is 0 Å². The van der Waals surface area contributed by atoms with Crippen molar-refractivity contribution < 1.29 is 8.42 Å². The first-order valence-corrected chi connectivity index (χ1v) is 8.70. The summed E-state index contributed by atoms with van der Waals surface area (Å²) in [5, 5.41) is 0. The summed E-state index contributed by atoms with van der Waals surface area (Å²) in [5.41, 5.74) is 2.33. The molecule has 2 rings (SSSR count). The molecule has 0 aromatic heterocycles. The van der Waals surface area contributed by atoms with Crippen molar-refractivity contribution >= 4 is 31.8 Å². The molecule has 1 saturated heterocycles. The Morgan fingerprint density at radius 1 is 1.15 bits per heavy atom. The van der Waals surface area contributed by atoms with Crippen LogP contribution in [0.3, 0.4) is 0 Å². The topological polar surface area (TPSA) is 43.9 Å². The lowest BCUT2D eigenvalue weighted by Crippen LogP contribution is -2.51. The number of anilines is 1. The van der Waals surface area contributed by atoms with E-state index in [0.717, 1.165) is 10.2 Å². The molecule has 112 valence electrons. The summed E-state index contributed by atoms with van der Waals surface area (Å²) in [6.07, 6.45) is 0. The van der Waals surface area contributed by atoms with Crippen molar-refractivity contribution in [1.82, 2.24) is 8.61 Å². The average molecular weight is 362 g/mol. The standard InChI is InChI=1S/C13H20BrN3O2S/c1-11-4-5-12(10-13(11)14)16-6-8-17(9-7-16)20(18,19)15(2)3/h4-5,10H,6-9H2,1-3H3. The van der Waals surface area contributed by atoms with E-state index in [2.05, 4.69) is 46.0 Å². The second-order valence-corrected chi connectivity index (χ2v) is 8.11. The molecule has 1 aromatic rings. The maximum absolute atomic E-state index is 12.1. The summed E-state index contributed by atoms with van der Waals surface area (Å²) in [5.74, 6) is 0. The highest BCUT2D eigenvalue weighted by Crippen LogP contribution is 2.25. The summed E-state index contributed by atoms with van der Waals surface area (Å²) < 4.78 is 28.0. The Morgan fingerprint density at radius 3 is 2.25 bits per heavy atom. The molecule has 0 spiro atoms. The van der Waals surface area contributed by atoms with E-state index >= 15 is 0 Å². The lowest BCUT2D eigenvalue weighted by molar-refractivity contribution is 0.355. The molecule has 1 aromatic carbocycles. The van der Waals surface area contributed by atoms with E-state index in [1.807, 2.05) is 0 Å². The number of halogens is 1. The first-order valence-electron chi connectivity index (χ1n) is 6.51. The van der Waals surface area contributed by atoms with Gasteiger partial charge in [0.1, 0.15) is 0 Å². The molecule has 1 fully saturated rings. The van der Waals surface area contributed by atoms with Crippen LogP contribution in [-0.4, -0.2) is 57.3 Å². The highest BCUT2D eigenvalue weighted by atomic mass is 79.9. The zero-order chi connectivity index (χ0) is 14.9.